The first-order chi connectivity index (χ1) is 12.5. The zero-order chi connectivity index (χ0) is 18.9. The number of hydrogen-bond acceptors (Lipinski definition) is 3. The fraction of sp³-hybridized carbons (Fsp3) is 0.789. The number of halogens is 1. The van der Waals surface area contributed by atoms with Crippen LogP contribution in [0.2, 0.25) is 0 Å². The smallest absolute Gasteiger partial charge is 0.191 e. The van der Waals surface area contributed by atoms with Gasteiger partial charge in [-0.1, -0.05) is 13.3 Å². The molecule has 0 aromatic carbocycles. The minimum Gasteiger partial charge on any atom is -0.357 e. The number of rotatable bonds is 8. The van der Waals surface area contributed by atoms with E-state index in [0.29, 0.717) is 11.3 Å². The standard InChI is InChI=1S/C19H35N5OS.HI/c1-5-20-19(21-11-8-12-24-16(4)13-15(3)23-24)22-17-9-7-10-18(14-17)26(25)6-2;/h13,17-18H,5-12,14H2,1-4H3,(H2,20,21,22);1H. The Morgan fingerprint density at radius 2 is 2.15 bits per heavy atom. The zero-order valence-corrected chi connectivity index (χ0v) is 20.3. The van der Waals surface area contributed by atoms with Crippen molar-refractivity contribution in [3.05, 3.63) is 17.5 Å². The molecule has 1 saturated carbocycles. The van der Waals surface area contributed by atoms with Gasteiger partial charge in [0, 0.05) is 53.2 Å². The van der Waals surface area contributed by atoms with Gasteiger partial charge in [-0.2, -0.15) is 5.10 Å². The van der Waals surface area contributed by atoms with Gasteiger partial charge in [0.05, 0.1) is 5.69 Å². The van der Waals surface area contributed by atoms with Crippen molar-refractivity contribution in [2.24, 2.45) is 4.99 Å². The molecule has 1 aromatic rings. The molecule has 0 radical (unpaired) electrons. The van der Waals surface area contributed by atoms with Gasteiger partial charge in [-0.25, -0.2) is 0 Å². The monoisotopic (exact) mass is 509 g/mol. The van der Waals surface area contributed by atoms with E-state index >= 15 is 0 Å². The first-order valence-electron chi connectivity index (χ1n) is 9.96. The first kappa shape index (κ1) is 24.4. The van der Waals surface area contributed by atoms with Crippen LogP contribution >= 0.6 is 24.0 Å². The molecule has 0 bridgehead atoms. The minimum atomic E-state index is -0.691. The van der Waals surface area contributed by atoms with Crippen molar-refractivity contribution < 1.29 is 4.21 Å². The van der Waals surface area contributed by atoms with Gasteiger partial charge in [-0.15, -0.1) is 24.0 Å². The molecule has 0 spiro atoms. The third kappa shape index (κ3) is 8.09. The van der Waals surface area contributed by atoms with E-state index in [1.54, 1.807) is 0 Å². The summed E-state index contributed by atoms with van der Waals surface area (Å²) in [6.45, 7) is 10.7. The lowest BCUT2D eigenvalue weighted by molar-refractivity contribution is 0.413. The second-order valence-corrected chi connectivity index (χ2v) is 9.07. The van der Waals surface area contributed by atoms with E-state index < -0.39 is 10.8 Å². The van der Waals surface area contributed by atoms with Crippen LogP contribution in [0.5, 0.6) is 0 Å². The zero-order valence-electron chi connectivity index (χ0n) is 17.2. The van der Waals surface area contributed by atoms with E-state index in [2.05, 4.69) is 40.3 Å². The maximum atomic E-state index is 12.1. The van der Waals surface area contributed by atoms with Crippen LogP contribution in [0.1, 0.15) is 57.3 Å². The lowest BCUT2D eigenvalue weighted by Crippen LogP contribution is -2.46. The van der Waals surface area contributed by atoms with Crippen molar-refractivity contribution in [2.45, 2.75) is 77.6 Å². The Morgan fingerprint density at radius 3 is 2.78 bits per heavy atom. The summed E-state index contributed by atoms with van der Waals surface area (Å²) in [6.07, 6.45) is 5.32. The van der Waals surface area contributed by atoms with Crippen LogP contribution in [0, 0.1) is 13.8 Å². The molecule has 3 atom stereocenters. The first-order valence-corrected chi connectivity index (χ1v) is 11.3. The molecule has 1 heterocycles. The summed E-state index contributed by atoms with van der Waals surface area (Å²) in [6, 6.07) is 2.48. The normalized spacial score (nSPS) is 21.4. The molecule has 156 valence electrons. The molecule has 0 amide bonds. The molecule has 1 fully saturated rings. The van der Waals surface area contributed by atoms with Crippen molar-refractivity contribution in [1.29, 1.82) is 0 Å². The number of nitrogens with zero attached hydrogens (tertiary/aromatic N) is 3. The van der Waals surface area contributed by atoms with Crippen molar-refractivity contribution in [2.75, 3.05) is 18.8 Å². The molecule has 1 aliphatic carbocycles. The highest BCUT2D eigenvalue weighted by Gasteiger charge is 2.25. The fourth-order valence-corrected chi connectivity index (χ4v) is 4.92. The van der Waals surface area contributed by atoms with E-state index in [1.807, 2.05) is 13.8 Å². The van der Waals surface area contributed by atoms with Crippen molar-refractivity contribution in [3.8, 4) is 0 Å². The summed E-state index contributed by atoms with van der Waals surface area (Å²) in [5.41, 5.74) is 2.27. The minimum absolute atomic E-state index is 0. The highest BCUT2D eigenvalue weighted by Crippen LogP contribution is 2.22. The molecule has 6 nitrogen and oxygen atoms in total. The third-order valence-corrected chi connectivity index (χ3v) is 6.61. The molecule has 3 unspecified atom stereocenters. The Labute approximate surface area is 183 Å². The Hall–Kier alpha value is -0.640. The quantitative estimate of drug-likeness (QED) is 0.245. The van der Waals surface area contributed by atoms with Crippen LogP contribution < -0.4 is 10.6 Å². The van der Waals surface area contributed by atoms with Crippen LogP contribution in [0.4, 0.5) is 0 Å². The molecule has 8 heteroatoms. The van der Waals surface area contributed by atoms with E-state index in [9.17, 15) is 4.21 Å². The summed E-state index contributed by atoms with van der Waals surface area (Å²) in [5.74, 6) is 1.64. The number of nitrogens with one attached hydrogen (secondary N) is 2. The van der Waals surface area contributed by atoms with Crippen molar-refractivity contribution in [1.82, 2.24) is 20.4 Å². The van der Waals surface area contributed by atoms with Crippen LogP contribution in [-0.4, -0.2) is 50.1 Å². The number of guanidine groups is 1. The number of aliphatic imine (C=N–C) groups is 1. The third-order valence-electron chi connectivity index (χ3n) is 4.87. The number of hydrogen-bond donors (Lipinski definition) is 2. The Balaban J connectivity index is 0.00000364. The number of aryl methyl sites for hydroxylation is 3. The largest absolute Gasteiger partial charge is 0.357 e. The van der Waals surface area contributed by atoms with Gasteiger partial charge in [0.2, 0.25) is 0 Å². The maximum absolute atomic E-state index is 12.1. The lowest BCUT2D eigenvalue weighted by Gasteiger charge is -2.30. The average molecular weight is 510 g/mol. The molecular weight excluding hydrogens is 473 g/mol. The summed E-state index contributed by atoms with van der Waals surface area (Å²) in [4.78, 5) is 4.73. The highest BCUT2D eigenvalue weighted by molar-refractivity contribution is 14.0. The van der Waals surface area contributed by atoms with E-state index in [4.69, 9.17) is 4.99 Å². The second kappa shape index (κ2) is 12.7. The molecule has 2 N–H and O–H groups in total. The van der Waals surface area contributed by atoms with Crippen LogP contribution in [-0.2, 0) is 17.3 Å². The van der Waals surface area contributed by atoms with E-state index in [1.165, 1.54) is 5.69 Å². The topological polar surface area (TPSA) is 71.3 Å². The van der Waals surface area contributed by atoms with Gasteiger partial charge in [0.1, 0.15) is 0 Å². The van der Waals surface area contributed by atoms with Gasteiger partial charge >= 0.3 is 0 Å². The summed E-state index contributed by atoms with van der Waals surface area (Å²) in [7, 11) is -0.691. The van der Waals surface area contributed by atoms with E-state index in [0.717, 1.165) is 69.1 Å². The second-order valence-electron chi connectivity index (χ2n) is 7.06. The Morgan fingerprint density at radius 1 is 1.37 bits per heavy atom. The van der Waals surface area contributed by atoms with E-state index in [-0.39, 0.29) is 24.0 Å². The van der Waals surface area contributed by atoms with Crippen LogP contribution in [0.3, 0.4) is 0 Å². The van der Waals surface area contributed by atoms with Crippen molar-refractivity contribution in [3.63, 3.8) is 0 Å². The molecule has 0 aliphatic heterocycles. The predicted molar refractivity (Wildman–Crippen MR) is 126 cm³/mol. The van der Waals surface area contributed by atoms with Crippen LogP contribution in [0.25, 0.3) is 0 Å². The average Bonchev–Trinajstić information content (AvgIpc) is 2.95. The van der Waals surface area contributed by atoms with Gasteiger partial charge in [-0.3, -0.25) is 13.9 Å². The molecule has 1 aliphatic rings. The van der Waals surface area contributed by atoms with Gasteiger partial charge in [-0.05, 0) is 52.5 Å². The van der Waals surface area contributed by atoms with Gasteiger partial charge in [0.15, 0.2) is 5.96 Å². The summed E-state index contributed by atoms with van der Waals surface area (Å²) in [5, 5.41) is 11.7. The Bertz CT molecular complexity index is 619. The molecule has 1 aromatic heterocycles. The van der Waals surface area contributed by atoms with Gasteiger partial charge < -0.3 is 10.6 Å². The SMILES string of the molecule is CCNC(=NCCCn1nc(C)cc1C)NC1CCCC(S(=O)CC)C1.I. The molecule has 2 rings (SSSR count). The Kier molecular flexibility index (Phi) is 11.5. The number of aromatic nitrogens is 2. The van der Waals surface area contributed by atoms with Crippen LogP contribution in [0.15, 0.2) is 11.1 Å². The maximum Gasteiger partial charge on any atom is 0.191 e. The lowest BCUT2D eigenvalue weighted by atomic mass is 9.95. The summed E-state index contributed by atoms with van der Waals surface area (Å²) >= 11 is 0. The molecule has 0 saturated heterocycles. The predicted octanol–water partition coefficient (Wildman–Crippen LogP) is 3.14. The summed E-state index contributed by atoms with van der Waals surface area (Å²) < 4.78 is 14.2. The molecular formula is C19H36IN5OS. The highest BCUT2D eigenvalue weighted by atomic mass is 127. The van der Waals surface area contributed by atoms with Crippen molar-refractivity contribution >= 4 is 40.7 Å². The fourth-order valence-electron chi connectivity index (χ4n) is 3.58. The van der Waals surface area contributed by atoms with Gasteiger partial charge in [0.25, 0.3) is 0 Å². The molecule has 27 heavy (non-hydrogen) atoms.